The Kier molecular flexibility index (Phi) is 8.84. The highest BCUT2D eigenvalue weighted by Gasteiger charge is 2.41. The van der Waals surface area contributed by atoms with Gasteiger partial charge in [-0.2, -0.15) is 13.2 Å². The quantitative estimate of drug-likeness (QED) is 0.299. The Morgan fingerprint density at radius 1 is 1.21 bits per heavy atom. The zero-order chi connectivity index (χ0) is 30.9. The van der Waals surface area contributed by atoms with Crippen LogP contribution >= 0.6 is 11.6 Å². The van der Waals surface area contributed by atoms with Crippen LogP contribution in [0.5, 0.6) is 5.75 Å². The number of nitrogens with two attached hydrogens (primary N) is 2. The molecule has 2 saturated heterocycles. The maximum Gasteiger partial charge on any atom is 0.416 e. The number of piperazine rings is 1. The van der Waals surface area contributed by atoms with Crippen molar-refractivity contribution in [2.45, 2.75) is 31.1 Å². The number of hydrogen-bond acceptors (Lipinski definition) is 8. The predicted octanol–water partition coefficient (Wildman–Crippen LogP) is 4.20. The maximum atomic E-state index is 14.0. The van der Waals surface area contributed by atoms with Gasteiger partial charge in [-0.3, -0.25) is 19.7 Å². The summed E-state index contributed by atoms with van der Waals surface area (Å²) < 4.78 is 47.1. The number of halogens is 4. The molecular formula is C30H33ClF3N7O2. The minimum atomic E-state index is -4.58. The Hall–Kier alpha value is -3.84. The number of likely N-dealkylation sites (N-methyl/N-ethyl adjacent to an activating group) is 1. The topological polar surface area (TPSA) is 113 Å². The number of hydrazine groups is 1. The molecule has 5 N–H and O–H groups in total. The zero-order valence-corrected chi connectivity index (χ0v) is 24.5. The molecule has 0 radical (unpaired) electrons. The lowest BCUT2D eigenvalue weighted by Gasteiger charge is -2.32. The number of nitrogens with one attached hydrogen (secondary N) is 1. The number of methoxy groups -OCH3 is 1. The van der Waals surface area contributed by atoms with Crippen LogP contribution in [-0.2, 0) is 0 Å². The van der Waals surface area contributed by atoms with Crippen LogP contribution in [0.15, 0.2) is 77.9 Å². The van der Waals surface area contributed by atoms with E-state index >= 15 is 0 Å². The van der Waals surface area contributed by atoms with E-state index in [9.17, 15) is 18.0 Å². The van der Waals surface area contributed by atoms with Gasteiger partial charge in [0.2, 0.25) is 0 Å². The van der Waals surface area contributed by atoms with Crippen LogP contribution in [0.2, 0.25) is 5.02 Å². The first kappa shape index (κ1) is 30.6. The summed E-state index contributed by atoms with van der Waals surface area (Å²) in [6, 6.07) is 6.83. The van der Waals surface area contributed by atoms with E-state index < -0.39 is 17.7 Å². The van der Waals surface area contributed by atoms with Gasteiger partial charge in [0.1, 0.15) is 5.75 Å². The molecule has 9 nitrogen and oxygen atoms in total. The first-order valence-corrected chi connectivity index (χ1v) is 14.0. The van der Waals surface area contributed by atoms with Gasteiger partial charge in [-0.1, -0.05) is 17.7 Å². The smallest absolute Gasteiger partial charge is 0.416 e. The number of likely N-dealkylation sites (tertiary alicyclic amines) is 2. The van der Waals surface area contributed by atoms with Crippen molar-refractivity contribution in [2.24, 2.45) is 11.6 Å². The number of rotatable bonds is 8. The lowest BCUT2D eigenvalue weighted by atomic mass is 10.1. The molecule has 1 aromatic carbocycles. The van der Waals surface area contributed by atoms with Crippen LogP contribution in [0.3, 0.4) is 0 Å². The average Bonchev–Trinajstić information content (AvgIpc) is 3.46. The largest absolute Gasteiger partial charge is 0.495 e. The summed E-state index contributed by atoms with van der Waals surface area (Å²) in [6.45, 7) is 2.18. The highest BCUT2D eigenvalue weighted by atomic mass is 35.5. The summed E-state index contributed by atoms with van der Waals surface area (Å²) in [4.78, 5) is 21.8. The lowest BCUT2D eigenvalue weighted by molar-refractivity contribution is -0.0883. The molecule has 0 saturated carbocycles. The molecule has 2 unspecified atom stereocenters. The lowest BCUT2D eigenvalue weighted by Crippen LogP contribution is -2.45. The molecule has 5 rings (SSSR count). The number of amides is 1. The number of hydrogen-bond donors (Lipinski definition) is 3. The summed E-state index contributed by atoms with van der Waals surface area (Å²) in [5.41, 5.74) is 7.28. The van der Waals surface area contributed by atoms with Crippen LogP contribution < -0.4 is 26.6 Å². The fourth-order valence-corrected chi connectivity index (χ4v) is 5.79. The summed E-state index contributed by atoms with van der Waals surface area (Å²) >= 11 is 6.36. The van der Waals surface area contributed by atoms with Crippen molar-refractivity contribution in [3.8, 4) is 5.75 Å². The molecule has 228 valence electrons. The number of pyridine rings is 1. The van der Waals surface area contributed by atoms with Gasteiger partial charge < -0.3 is 20.7 Å². The van der Waals surface area contributed by atoms with E-state index in [1.165, 1.54) is 50.0 Å². The van der Waals surface area contributed by atoms with Crippen LogP contribution in [0, 0.1) is 0 Å². The SMILES string of the molecule is COc1cncc(/C(N)=C/N(N)c2cc(C(=O)NC3=CC(C(F)(F)F)=CC(CN4CC5CC4CN5C)=CC3)ccc2Cl)c1. The first-order chi connectivity index (χ1) is 20.4. The van der Waals surface area contributed by atoms with Crippen LogP contribution in [0.1, 0.15) is 28.8 Å². The third-order valence-corrected chi connectivity index (χ3v) is 8.24. The van der Waals surface area contributed by atoms with Gasteiger partial charge in [-0.15, -0.1) is 0 Å². The van der Waals surface area contributed by atoms with Crippen molar-refractivity contribution in [2.75, 3.05) is 38.8 Å². The van der Waals surface area contributed by atoms with Gasteiger partial charge in [0.05, 0.1) is 35.3 Å². The van der Waals surface area contributed by atoms with Crippen molar-refractivity contribution >= 4 is 28.9 Å². The van der Waals surface area contributed by atoms with E-state index in [1.54, 1.807) is 12.1 Å². The highest BCUT2D eigenvalue weighted by molar-refractivity contribution is 6.33. The van der Waals surface area contributed by atoms with Gasteiger partial charge in [0.15, 0.2) is 0 Å². The van der Waals surface area contributed by atoms with Crippen LogP contribution in [0.25, 0.3) is 5.70 Å². The van der Waals surface area contributed by atoms with Gasteiger partial charge in [-0.25, -0.2) is 5.84 Å². The van der Waals surface area contributed by atoms with Crippen molar-refractivity contribution in [3.05, 3.63) is 94.1 Å². The number of allylic oxidation sites excluding steroid dienone is 3. The molecule has 0 spiro atoms. The zero-order valence-electron chi connectivity index (χ0n) is 23.7. The normalized spacial score (nSPS) is 21.2. The molecule has 3 heterocycles. The van der Waals surface area contributed by atoms with E-state index in [0.717, 1.165) is 30.6 Å². The molecule has 2 fully saturated rings. The minimum Gasteiger partial charge on any atom is -0.495 e. The van der Waals surface area contributed by atoms with Crippen molar-refractivity contribution < 1.29 is 22.7 Å². The van der Waals surface area contributed by atoms with Gasteiger partial charge >= 0.3 is 6.18 Å². The molecule has 1 amide bonds. The Bertz CT molecular complexity index is 1520. The fraction of sp³-hybridized carbons (Fsp3) is 0.333. The average molecular weight is 616 g/mol. The Labute approximate surface area is 252 Å². The summed E-state index contributed by atoms with van der Waals surface area (Å²) in [6.07, 6.45) is 4.96. The number of ether oxygens (including phenoxy) is 1. The predicted molar refractivity (Wildman–Crippen MR) is 160 cm³/mol. The summed E-state index contributed by atoms with van der Waals surface area (Å²) in [5.74, 6) is 6.10. The number of fused-ring (bicyclic) bond motifs is 2. The second-order valence-electron chi connectivity index (χ2n) is 10.9. The molecule has 1 aromatic heterocycles. The van der Waals surface area contributed by atoms with E-state index in [2.05, 4.69) is 27.1 Å². The summed E-state index contributed by atoms with van der Waals surface area (Å²) in [7, 11) is 3.58. The Balaban J connectivity index is 1.31. The second kappa shape index (κ2) is 12.4. The monoisotopic (exact) mass is 615 g/mol. The van der Waals surface area contributed by atoms with Gasteiger partial charge in [0, 0.05) is 67.4 Å². The second-order valence-corrected chi connectivity index (χ2v) is 11.3. The molecule has 43 heavy (non-hydrogen) atoms. The molecular weight excluding hydrogens is 583 g/mol. The van der Waals surface area contributed by atoms with Crippen LogP contribution in [0.4, 0.5) is 18.9 Å². The van der Waals surface area contributed by atoms with Gasteiger partial charge in [-0.05, 0) is 55.5 Å². The third kappa shape index (κ3) is 7.04. The Morgan fingerprint density at radius 2 is 2.00 bits per heavy atom. The standard InChI is InChI=1S/C30H33ClF3N7O2/c1-39-15-24-11-23(39)16-40(24)14-18-3-5-22(10-21(7-18)30(32,33)34)38-29(42)19-4-6-26(31)28(9-19)41(36)17-27(35)20-8-25(43-2)13-37-12-20/h3-4,6-10,12-13,17,23-24H,5,11,14-16,35-36H2,1-2H3,(H,38,42)/b27-17-. The van der Waals surface area contributed by atoms with E-state index in [-0.39, 0.29) is 34.1 Å². The number of nitrogens with zero attached hydrogens (tertiary/aromatic N) is 4. The molecule has 2 atom stereocenters. The molecule has 2 bridgehead atoms. The summed E-state index contributed by atoms with van der Waals surface area (Å²) in [5, 5.41) is 4.03. The third-order valence-electron chi connectivity index (χ3n) is 7.92. The minimum absolute atomic E-state index is 0.127. The number of aromatic nitrogens is 1. The van der Waals surface area contributed by atoms with Crippen LogP contribution in [-0.4, -0.2) is 72.7 Å². The Morgan fingerprint density at radius 3 is 2.67 bits per heavy atom. The van der Waals surface area contributed by atoms with E-state index in [4.69, 9.17) is 27.9 Å². The molecule has 2 aromatic rings. The molecule has 3 aliphatic rings. The van der Waals surface area contributed by atoms with E-state index in [0.29, 0.717) is 35.5 Å². The molecule has 2 aliphatic heterocycles. The number of carbonyl (C=O) groups excluding carboxylic acids is 1. The van der Waals surface area contributed by atoms with Crippen molar-refractivity contribution in [3.63, 3.8) is 0 Å². The molecule has 1 aliphatic carbocycles. The fourth-order valence-electron chi connectivity index (χ4n) is 5.58. The van der Waals surface area contributed by atoms with Crippen molar-refractivity contribution in [1.29, 1.82) is 0 Å². The first-order valence-electron chi connectivity index (χ1n) is 13.7. The number of anilines is 1. The number of alkyl halides is 3. The highest BCUT2D eigenvalue weighted by Crippen LogP contribution is 2.34. The molecule has 13 heteroatoms. The van der Waals surface area contributed by atoms with Gasteiger partial charge in [0.25, 0.3) is 5.91 Å². The number of carbonyl (C=O) groups is 1. The maximum absolute atomic E-state index is 14.0. The number of benzene rings is 1. The van der Waals surface area contributed by atoms with E-state index in [1.807, 2.05) is 0 Å². The van der Waals surface area contributed by atoms with Crippen molar-refractivity contribution in [1.82, 2.24) is 20.1 Å².